The molecule has 2 rings (SSSR count). The Bertz CT molecular complexity index is 710. The fraction of sp³-hybridized carbons (Fsp3) is 0.167. The maximum atomic E-state index is 11.3. The van der Waals surface area contributed by atoms with Gasteiger partial charge in [0, 0.05) is 17.3 Å². The monoisotopic (exact) mass is 326 g/mol. The van der Waals surface area contributed by atoms with Crippen LogP contribution in [0, 0.1) is 0 Å². The van der Waals surface area contributed by atoms with Crippen LogP contribution in [0.5, 0.6) is 0 Å². The molecule has 0 unspecified atom stereocenters. The summed E-state index contributed by atoms with van der Waals surface area (Å²) in [5.41, 5.74) is 0.473. The molecule has 2 heterocycles. The second kappa shape index (κ2) is 7.55. The van der Waals surface area contributed by atoms with E-state index in [0.717, 1.165) is 11.1 Å². The van der Waals surface area contributed by atoms with Crippen LogP contribution in [0.3, 0.4) is 0 Å². The van der Waals surface area contributed by atoms with Gasteiger partial charge in [0.05, 0.1) is 6.54 Å². The first kappa shape index (κ1) is 15.2. The van der Waals surface area contributed by atoms with Crippen LogP contribution < -0.4 is 5.49 Å². The van der Waals surface area contributed by atoms with E-state index >= 15 is 0 Å². The molecule has 0 atom stereocenters. The van der Waals surface area contributed by atoms with Crippen molar-refractivity contribution in [3.63, 3.8) is 0 Å². The Kier molecular flexibility index (Phi) is 5.47. The van der Waals surface area contributed by atoms with E-state index in [0.29, 0.717) is 16.5 Å². The van der Waals surface area contributed by atoms with Gasteiger partial charge in [-0.1, -0.05) is 28.0 Å². The average Bonchev–Trinajstić information content (AvgIpc) is 2.89. The highest BCUT2D eigenvalue weighted by atomic mass is 35.5. The van der Waals surface area contributed by atoms with Crippen LogP contribution in [0.15, 0.2) is 40.9 Å². The van der Waals surface area contributed by atoms with Crippen molar-refractivity contribution in [2.75, 3.05) is 7.11 Å². The van der Waals surface area contributed by atoms with Gasteiger partial charge in [-0.3, -0.25) is 0 Å². The van der Waals surface area contributed by atoms with E-state index in [4.69, 9.17) is 16.4 Å². The van der Waals surface area contributed by atoms with Crippen LogP contribution in [0.1, 0.15) is 4.88 Å². The smallest absolute Gasteiger partial charge is 0.380 e. The summed E-state index contributed by atoms with van der Waals surface area (Å²) in [4.78, 5) is 25.3. The third-order valence-electron chi connectivity index (χ3n) is 2.26. The summed E-state index contributed by atoms with van der Waals surface area (Å²) in [5.74, 6) is -0.729. The maximum Gasteiger partial charge on any atom is 0.380 e. The van der Waals surface area contributed by atoms with Crippen molar-refractivity contribution in [3.05, 3.63) is 45.4 Å². The third kappa shape index (κ3) is 4.69. The Hall–Kier alpha value is -2.19. The molecule has 2 aromatic rings. The molecule has 0 bridgehead atoms. The Morgan fingerprint density at radius 2 is 2.43 bits per heavy atom. The molecule has 0 amide bonds. The van der Waals surface area contributed by atoms with Crippen molar-refractivity contribution in [2.45, 2.75) is 6.54 Å². The number of thiazole rings is 1. The van der Waals surface area contributed by atoms with E-state index in [1.807, 2.05) is 12.3 Å². The SMILES string of the molecule is CO/N=C/C(=O)ON=c1ccccn1Cc1cnc(Cl)s1. The largest absolute Gasteiger partial charge is 0.399 e. The summed E-state index contributed by atoms with van der Waals surface area (Å²) in [6.45, 7) is 0.522. The molecule has 0 aliphatic heterocycles. The number of rotatable bonds is 5. The van der Waals surface area contributed by atoms with E-state index < -0.39 is 5.97 Å². The number of nitrogens with zero attached hydrogens (tertiary/aromatic N) is 4. The zero-order valence-electron chi connectivity index (χ0n) is 11.0. The minimum absolute atomic E-state index is 0.473. The summed E-state index contributed by atoms with van der Waals surface area (Å²) in [6.07, 6.45) is 4.39. The highest BCUT2D eigenvalue weighted by molar-refractivity contribution is 7.15. The molecule has 0 spiro atoms. The molecule has 0 N–H and O–H groups in total. The van der Waals surface area contributed by atoms with Gasteiger partial charge in [0.1, 0.15) is 7.11 Å². The first-order valence-electron chi connectivity index (χ1n) is 5.76. The molecular weight excluding hydrogens is 316 g/mol. The van der Waals surface area contributed by atoms with E-state index in [2.05, 4.69) is 20.1 Å². The summed E-state index contributed by atoms with van der Waals surface area (Å²) < 4.78 is 2.27. The molecule has 110 valence electrons. The third-order valence-corrected chi connectivity index (χ3v) is 3.36. The first-order chi connectivity index (χ1) is 10.2. The number of halogens is 1. The van der Waals surface area contributed by atoms with Gasteiger partial charge >= 0.3 is 5.97 Å². The van der Waals surface area contributed by atoms with Gasteiger partial charge in [0.15, 0.2) is 16.2 Å². The van der Waals surface area contributed by atoms with E-state index in [-0.39, 0.29) is 0 Å². The molecule has 2 aromatic heterocycles. The molecule has 0 fully saturated rings. The van der Waals surface area contributed by atoms with Gasteiger partial charge in [-0.2, -0.15) is 0 Å². The molecule has 0 aliphatic carbocycles. The molecule has 0 aliphatic rings. The lowest BCUT2D eigenvalue weighted by molar-refractivity contribution is -0.135. The Labute approximate surface area is 129 Å². The van der Waals surface area contributed by atoms with Gasteiger partial charge in [0.2, 0.25) is 0 Å². The second-order valence-electron chi connectivity index (χ2n) is 3.68. The first-order valence-corrected chi connectivity index (χ1v) is 6.95. The summed E-state index contributed by atoms with van der Waals surface area (Å²) in [5, 5.41) is 7.07. The highest BCUT2D eigenvalue weighted by Crippen LogP contribution is 2.17. The summed E-state index contributed by atoms with van der Waals surface area (Å²) in [7, 11) is 1.33. The second-order valence-corrected chi connectivity index (χ2v) is 5.38. The molecule has 0 saturated carbocycles. The van der Waals surface area contributed by atoms with Gasteiger partial charge in [-0.15, -0.1) is 11.3 Å². The van der Waals surface area contributed by atoms with Crippen molar-refractivity contribution < 1.29 is 14.5 Å². The zero-order valence-corrected chi connectivity index (χ0v) is 12.5. The quantitative estimate of drug-likeness (QED) is 0.475. The summed E-state index contributed by atoms with van der Waals surface area (Å²) >= 11 is 7.17. The lowest BCUT2D eigenvalue weighted by atomic mass is 10.4. The van der Waals surface area contributed by atoms with Crippen LogP contribution in [0.4, 0.5) is 0 Å². The number of pyridine rings is 1. The standard InChI is InChI=1S/C12H11ClN4O3S/c1-19-15-7-11(18)20-16-10-4-2-3-5-17(10)8-9-6-14-12(13)21-9/h2-7H,8H2,1H3/b15-7+,16-10?. The van der Waals surface area contributed by atoms with Crippen LogP contribution >= 0.6 is 22.9 Å². The van der Waals surface area contributed by atoms with Crippen molar-refractivity contribution in [1.29, 1.82) is 0 Å². The van der Waals surface area contributed by atoms with Gasteiger partial charge in [0.25, 0.3) is 0 Å². The Balaban J connectivity index is 2.16. The number of aromatic nitrogens is 2. The van der Waals surface area contributed by atoms with Crippen LogP contribution in [0.2, 0.25) is 4.47 Å². The molecule has 0 aromatic carbocycles. The van der Waals surface area contributed by atoms with Gasteiger partial charge < -0.3 is 14.2 Å². The molecule has 0 radical (unpaired) electrons. The fourth-order valence-electron chi connectivity index (χ4n) is 1.42. The number of hydrogen-bond donors (Lipinski definition) is 0. The van der Waals surface area contributed by atoms with Crippen molar-refractivity contribution in [2.24, 2.45) is 10.3 Å². The maximum absolute atomic E-state index is 11.3. The van der Waals surface area contributed by atoms with Crippen molar-refractivity contribution >= 4 is 35.1 Å². The van der Waals surface area contributed by atoms with Crippen LogP contribution in [-0.4, -0.2) is 28.8 Å². The Morgan fingerprint density at radius 3 is 3.14 bits per heavy atom. The van der Waals surface area contributed by atoms with Crippen LogP contribution in [-0.2, 0) is 21.0 Å². The van der Waals surface area contributed by atoms with Gasteiger partial charge in [-0.05, 0) is 12.1 Å². The lowest BCUT2D eigenvalue weighted by Crippen LogP contribution is -2.21. The van der Waals surface area contributed by atoms with Gasteiger partial charge in [-0.25, -0.2) is 9.78 Å². The minimum atomic E-state index is -0.729. The van der Waals surface area contributed by atoms with Crippen molar-refractivity contribution in [1.82, 2.24) is 9.55 Å². The zero-order chi connectivity index (χ0) is 15.1. The topological polar surface area (TPSA) is 78.1 Å². The van der Waals surface area contributed by atoms with E-state index in [9.17, 15) is 4.79 Å². The Morgan fingerprint density at radius 1 is 1.57 bits per heavy atom. The minimum Gasteiger partial charge on any atom is -0.399 e. The molecule has 7 nitrogen and oxygen atoms in total. The lowest BCUT2D eigenvalue weighted by Gasteiger charge is -2.04. The predicted molar refractivity (Wildman–Crippen MR) is 77.8 cm³/mol. The number of carbonyl (C=O) groups is 1. The normalized spacial score (nSPS) is 11.8. The number of carbonyl (C=O) groups excluding carboxylic acids is 1. The average molecular weight is 327 g/mol. The van der Waals surface area contributed by atoms with E-state index in [1.165, 1.54) is 18.4 Å². The fourth-order valence-corrected chi connectivity index (χ4v) is 2.40. The molecule has 9 heteroatoms. The summed E-state index contributed by atoms with van der Waals surface area (Å²) in [6, 6.07) is 5.34. The van der Waals surface area contributed by atoms with Crippen LogP contribution in [0.25, 0.3) is 0 Å². The molecule has 21 heavy (non-hydrogen) atoms. The van der Waals surface area contributed by atoms with Crippen molar-refractivity contribution in [3.8, 4) is 0 Å². The highest BCUT2D eigenvalue weighted by Gasteiger charge is 2.02. The molecular formula is C12H11ClN4O3S. The predicted octanol–water partition coefficient (Wildman–Crippen LogP) is 1.64. The number of hydrogen-bond acceptors (Lipinski definition) is 7. The molecule has 0 saturated heterocycles. The number of oxime groups is 1. The van der Waals surface area contributed by atoms with E-state index in [1.54, 1.807) is 22.9 Å².